The van der Waals surface area contributed by atoms with Crippen LogP contribution in [0.2, 0.25) is 0 Å². The Bertz CT molecular complexity index is 3460. The van der Waals surface area contributed by atoms with E-state index in [2.05, 4.69) is 140 Å². The standard InChI is InChI=1S/C70H86N2O13/c1-66(2,3)53-29-42-24-46-33-55(68(7,8)9)34-47-25-44-31-54(67(4,5)6)32-45(61(44)74)27-50-37-57(70(13,14)15)38-51(64(50)85-65(75)52-39-58(71(76)77)41-59(40-52)72(78)79)28-49-36-56(69(10,11)12)35-48(26-43(30-53)60(42)73)63(49)84-23-21-82-19-17-80-16-18-81-20-22-83-62(46)47/h29-33,35-41,62,73-74H,16-28H2,1-15H3. The quantitative estimate of drug-likeness (QED) is 0.0567. The van der Waals surface area contributed by atoms with Crippen LogP contribution in [0.5, 0.6) is 23.0 Å². The molecular weight excluding hydrogens is 1080 g/mol. The summed E-state index contributed by atoms with van der Waals surface area (Å²) < 4.78 is 38.6. The summed E-state index contributed by atoms with van der Waals surface area (Å²) in [6.45, 7) is 34.0. The number of aromatic hydroxyl groups is 2. The second-order valence-electron chi connectivity index (χ2n) is 28.0. The molecule has 8 rings (SSSR count). The molecule has 1 aliphatic heterocycles. The number of allylic oxidation sites excluding steroid dienone is 1. The Morgan fingerprint density at radius 2 is 0.871 bits per heavy atom. The number of benzene rings is 5. The minimum atomic E-state index is -1.06. The molecule has 454 valence electrons. The number of nitrogens with zero attached hydrogens (tertiary/aromatic N) is 2. The number of phenols is 2. The van der Waals surface area contributed by atoms with Gasteiger partial charge in [0.25, 0.3) is 11.4 Å². The van der Waals surface area contributed by atoms with E-state index in [1.807, 2.05) is 24.3 Å². The number of esters is 1. The molecule has 0 saturated carbocycles. The molecule has 5 aromatic rings. The Balaban J connectivity index is 1.52. The van der Waals surface area contributed by atoms with Crippen LogP contribution in [0.4, 0.5) is 11.4 Å². The lowest BCUT2D eigenvalue weighted by Gasteiger charge is -2.31. The summed E-state index contributed by atoms with van der Waals surface area (Å²) >= 11 is 0. The fourth-order valence-corrected chi connectivity index (χ4v) is 10.9. The molecule has 1 atom stereocenters. The number of hydrogen-bond acceptors (Lipinski definition) is 13. The second-order valence-corrected chi connectivity index (χ2v) is 28.0. The first kappa shape index (κ1) is 63.9. The summed E-state index contributed by atoms with van der Waals surface area (Å²) in [6, 6.07) is 19.2. The van der Waals surface area contributed by atoms with Gasteiger partial charge in [0.05, 0.1) is 67.7 Å². The van der Waals surface area contributed by atoms with Gasteiger partial charge in [-0.2, -0.15) is 0 Å². The highest BCUT2D eigenvalue weighted by atomic mass is 16.6. The highest BCUT2D eigenvalue weighted by Crippen LogP contribution is 2.45. The predicted octanol–water partition coefficient (Wildman–Crippen LogP) is 14.5. The molecule has 2 aliphatic carbocycles. The van der Waals surface area contributed by atoms with Gasteiger partial charge in [0.15, 0.2) is 0 Å². The monoisotopic (exact) mass is 1160 g/mol. The summed E-state index contributed by atoms with van der Waals surface area (Å²) in [5.41, 5.74) is 11.6. The fraction of sp³-hybridized carbons (Fsp3) is 0.486. The van der Waals surface area contributed by atoms with Gasteiger partial charge in [0, 0.05) is 60.9 Å². The lowest BCUT2D eigenvalue weighted by atomic mass is 9.77. The zero-order valence-corrected chi connectivity index (χ0v) is 52.5. The zero-order chi connectivity index (χ0) is 62.1. The predicted molar refractivity (Wildman–Crippen MR) is 330 cm³/mol. The summed E-state index contributed by atoms with van der Waals surface area (Å²) in [5, 5.41) is 50.5. The van der Waals surface area contributed by atoms with E-state index in [0.717, 1.165) is 73.9 Å². The van der Waals surface area contributed by atoms with Crippen LogP contribution in [-0.4, -0.2) is 85.0 Å². The molecule has 85 heavy (non-hydrogen) atoms. The number of fused-ring (bicyclic) bond motifs is 4. The molecule has 1 heterocycles. The largest absolute Gasteiger partial charge is 0.507 e. The average Bonchev–Trinajstić information content (AvgIpc) is 3.60. The number of phenolic OH excluding ortho intramolecular Hbond substituents is 2. The third-order valence-corrected chi connectivity index (χ3v) is 16.0. The number of non-ortho nitro benzene ring substituents is 2. The highest BCUT2D eigenvalue weighted by molar-refractivity contribution is 5.93. The zero-order valence-electron chi connectivity index (χ0n) is 52.5. The summed E-state index contributed by atoms with van der Waals surface area (Å²) in [7, 11) is 0. The first-order chi connectivity index (χ1) is 39.6. The van der Waals surface area contributed by atoms with Gasteiger partial charge in [-0.15, -0.1) is 5.73 Å². The van der Waals surface area contributed by atoms with Crippen molar-refractivity contribution in [2.24, 2.45) is 5.41 Å². The van der Waals surface area contributed by atoms with Crippen molar-refractivity contribution in [3.63, 3.8) is 0 Å². The van der Waals surface area contributed by atoms with Crippen molar-refractivity contribution in [1.29, 1.82) is 0 Å². The van der Waals surface area contributed by atoms with Gasteiger partial charge in [-0.05, 0) is 99.9 Å². The minimum Gasteiger partial charge on any atom is -0.507 e. The van der Waals surface area contributed by atoms with Gasteiger partial charge in [0.2, 0.25) is 0 Å². The van der Waals surface area contributed by atoms with Crippen LogP contribution in [0.25, 0.3) is 0 Å². The number of nitro groups is 2. The van der Waals surface area contributed by atoms with Gasteiger partial charge >= 0.3 is 5.97 Å². The van der Waals surface area contributed by atoms with E-state index in [1.54, 1.807) is 0 Å². The molecule has 0 amide bonds. The fourth-order valence-electron chi connectivity index (χ4n) is 10.9. The summed E-state index contributed by atoms with van der Waals surface area (Å²) in [5.74, 6) is -0.251. The van der Waals surface area contributed by atoms with Gasteiger partial charge in [0.1, 0.15) is 35.7 Å². The number of carbonyl (C=O) groups excluding carboxylic acids is 1. The maximum atomic E-state index is 14.9. The smallest absolute Gasteiger partial charge is 0.344 e. The third-order valence-electron chi connectivity index (χ3n) is 16.0. The van der Waals surface area contributed by atoms with E-state index in [-0.39, 0.29) is 74.8 Å². The molecule has 0 aromatic heterocycles. The van der Waals surface area contributed by atoms with Crippen molar-refractivity contribution >= 4 is 17.3 Å². The van der Waals surface area contributed by atoms with Gasteiger partial charge in [-0.25, -0.2) is 4.79 Å². The SMILES string of the molecule is CC(C)(C)C1=C=C2Cc3cc(C(C)(C)C)cc(c3O)Cc3cc(C(C)(C)C)cc(c3OC(=O)c3cc([N+](=O)[O-])cc([N+](=O)[O-])c3)Cc3cc(C(C)(C)C)cc4c3OCCOCCOCCOCCOC2C(=C1)Cc1cc(C(C)(C)C)cc(c1O)C4. The Labute approximate surface area is 501 Å². The molecular formula is C70H86N2O13. The van der Waals surface area contributed by atoms with Crippen molar-refractivity contribution in [3.8, 4) is 23.0 Å². The lowest BCUT2D eigenvalue weighted by Crippen LogP contribution is -2.27. The van der Waals surface area contributed by atoms with Crippen molar-refractivity contribution < 1.29 is 53.3 Å². The molecule has 15 nitrogen and oxygen atoms in total. The van der Waals surface area contributed by atoms with Crippen LogP contribution < -0.4 is 9.47 Å². The van der Waals surface area contributed by atoms with Gasteiger partial charge in [-0.1, -0.05) is 152 Å². The van der Waals surface area contributed by atoms with Crippen LogP contribution >= 0.6 is 0 Å². The van der Waals surface area contributed by atoms with Crippen LogP contribution in [-0.2, 0) is 72.7 Å². The molecule has 12 bridgehead atoms. The van der Waals surface area contributed by atoms with Crippen LogP contribution in [0.1, 0.15) is 181 Å². The van der Waals surface area contributed by atoms with Crippen LogP contribution in [0.3, 0.4) is 0 Å². The van der Waals surface area contributed by atoms with Gasteiger partial charge in [-0.3, -0.25) is 20.2 Å². The second kappa shape index (κ2) is 25.1. The molecule has 15 heteroatoms. The summed E-state index contributed by atoms with van der Waals surface area (Å²) in [6.07, 6.45) is 2.45. The molecule has 0 saturated heterocycles. The Morgan fingerprint density at radius 1 is 0.494 bits per heavy atom. The first-order valence-corrected chi connectivity index (χ1v) is 29.5. The Hall–Kier alpha value is -7.13. The molecule has 2 N–H and O–H groups in total. The molecule has 0 fully saturated rings. The first-order valence-electron chi connectivity index (χ1n) is 29.5. The number of ether oxygens (including phenoxy) is 6. The highest BCUT2D eigenvalue weighted by Gasteiger charge is 2.34. The molecule has 0 spiro atoms. The minimum absolute atomic E-state index is 0.0172. The summed E-state index contributed by atoms with van der Waals surface area (Å²) in [4.78, 5) is 37.8. The van der Waals surface area contributed by atoms with Gasteiger partial charge < -0.3 is 38.6 Å². The third kappa shape index (κ3) is 15.5. The van der Waals surface area contributed by atoms with E-state index in [0.29, 0.717) is 66.4 Å². The Kier molecular flexibility index (Phi) is 18.8. The van der Waals surface area contributed by atoms with Crippen LogP contribution in [0, 0.1) is 25.6 Å². The number of rotatable bonds is 4. The number of carbonyl (C=O) groups is 1. The van der Waals surface area contributed by atoms with E-state index < -0.39 is 60.5 Å². The van der Waals surface area contributed by atoms with Crippen LogP contribution in [0.15, 0.2) is 95.3 Å². The molecule has 0 radical (unpaired) electrons. The molecule has 3 aliphatic rings. The van der Waals surface area contributed by atoms with Crippen molar-refractivity contribution in [1.82, 2.24) is 0 Å². The van der Waals surface area contributed by atoms with Crippen molar-refractivity contribution in [2.75, 3.05) is 52.9 Å². The molecule has 1 unspecified atom stereocenters. The molecule has 5 aromatic carbocycles. The normalized spacial score (nSPS) is 17.1. The Morgan fingerprint density at radius 3 is 1.31 bits per heavy atom. The maximum Gasteiger partial charge on any atom is 0.344 e. The van der Waals surface area contributed by atoms with E-state index in [4.69, 9.17) is 28.4 Å². The van der Waals surface area contributed by atoms with Crippen molar-refractivity contribution in [2.45, 2.75) is 164 Å². The van der Waals surface area contributed by atoms with E-state index >= 15 is 0 Å². The average molecular weight is 1160 g/mol. The number of hydrogen-bond donors (Lipinski definition) is 2. The topological polar surface area (TPSA) is 199 Å². The van der Waals surface area contributed by atoms with E-state index in [1.165, 1.54) is 0 Å². The van der Waals surface area contributed by atoms with Crippen molar-refractivity contribution in [3.05, 3.63) is 188 Å². The lowest BCUT2D eigenvalue weighted by molar-refractivity contribution is -0.394. The number of nitro benzene ring substituents is 2. The maximum absolute atomic E-state index is 14.9. The van der Waals surface area contributed by atoms with E-state index in [9.17, 15) is 35.2 Å².